The maximum Gasteiger partial charge on any atom is 0.373 e. The highest BCUT2D eigenvalue weighted by molar-refractivity contribution is 8.03. The summed E-state index contributed by atoms with van der Waals surface area (Å²) in [7, 11) is 2.93. The van der Waals surface area contributed by atoms with Gasteiger partial charge in [-0.1, -0.05) is 57.2 Å². The van der Waals surface area contributed by atoms with Crippen LogP contribution in [0.25, 0.3) is 0 Å². The van der Waals surface area contributed by atoms with Gasteiger partial charge in [-0.15, -0.1) is 11.8 Å². The van der Waals surface area contributed by atoms with Gasteiger partial charge in [0, 0.05) is 12.0 Å². The number of benzene rings is 2. The Balaban J connectivity index is 1.72. The number of aliphatic hydroxyl groups is 1. The second-order valence-electron chi connectivity index (χ2n) is 10.1. The van der Waals surface area contributed by atoms with Crippen molar-refractivity contribution in [3.8, 4) is 11.5 Å². The molecule has 3 atom stereocenters. The first kappa shape index (κ1) is 28.9. The number of aliphatic hydroxyl groups excluding tert-OH is 1. The van der Waals surface area contributed by atoms with Crippen molar-refractivity contribution < 1.29 is 24.1 Å². The normalized spacial score (nSPS) is 22.1. The second-order valence-corrected chi connectivity index (χ2v) is 11.3. The molecular weight excluding hydrogens is 486 g/mol. The minimum absolute atomic E-state index is 0.283. The highest BCUT2D eigenvalue weighted by atomic mass is 32.2. The van der Waals surface area contributed by atoms with E-state index < -0.39 is 5.97 Å². The molecule has 1 aliphatic rings. The first-order chi connectivity index (χ1) is 17.8. The van der Waals surface area contributed by atoms with Crippen LogP contribution in [0.4, 0.5) is 0 Å². The third kappa shape index (κ3) is 7.92. The fourth-order valence-corrected chi connectivity index (χ4v) is 6.13. The molecular formula is C30H41NO5S. The Bertz CT molecular complexity index is 1040. The zero-order valence-electron chi connectivity index (χ0n) is 22.7. The third-order valence-electron chi connectivity index (χ3n) is 7.35. The molecule has 1 saturated carbocycles. The van der Waals surface area contributed by atoms with Gasteiger partial charge in [-0.2, -0.15) is 0 Å². The van der Waals surface area contributed by atoms with E-state index in [1.807, 2.05) is 42.5 Å². The van der Waals surface area contributed by atoms with Gasteiger partial charge >= 0.3 is 5.97 Å². The Labute approximate surface area is 225 Å². The zero-order chi connectivity index (χ0) is 26.8. The summed E-state index contributed by atoms with van der Waals surface area (Å²) >= 11 is 1.51. The quantitative estimate of drug-likeness (QED) is 0.141. The monoisotopic (exact) mass is 527 g/mol. The molecule has 0 bridgehead atoms. The Morgan fingerprint density at radius 1 is 1.14 bits per heavy atom. The summed E-state index contributed by atoms with van der Waals surface area (Å²) in [5, 5.41) is 15.5. The molecule has 0 spiro atoms. The van der Waals surface area contributed by atoms with Gasteiger partial charge in [-0.3, -0.25) is 0 Å². The van der Waals surface area contributed by atoms with Crippen molar-refractivity contribution in [2.45, 2.75) is 57.9 Å². The van der Waals surface area contributed by atoms with Crippen molar-refractivity contribution >= 4 is 17.7 Å². The lowest BCUT2D eigenvalue weighted by Crippen LogP contribution is -2.52. The van der Waals surface area contributed by atoms with Crippen molar-refractivity contribution in [3.63, 3.8) is 0 Å². The van der Waals surface area contributed by atoms with Crippen LogP contribution in [0.2, 0.25) is 0 Å². The molecule has 2 aromatic rings. The van der Waals surface area contributed by atoms with Gasteiger partial charge in [0.1, 0.15) is 6.61 Å². The van der Waals surface area contributed by atoms with Crippen LogP contribution in [0.3, 0.4) is 0 Å². The summed E-state index contributed by atoms with van der Waals surface area (Å²) < 4.78 is 16.3. The van der Waals surface area contributed by atoms with Crippen LogP contribution in [-0.4, -0.2) is 36.7 Å². The summed E-state index contributed by atoms with van der Waals surface area (Å²) in [4.78, 5) is 11.5. The Hall–Kier alpha value is -2.64. The van der Waals surface area contributed by atoms with Gasteiger partial charge in [0.2, 0.25) is 5.76 Å². The van der Waals surface area contributed by atoms with E-state index in [2.05, 4.69) is 36.9 Å². The largest absolute Gasteiger partial charge is 0.501 e. The van der Waals surface area contributed by atoms with Crippen LogP contribution in [-0.2, 0) is 22.6 Å². The Morgan fingerprint density at radius 3 is 2.57 bits per heavy atom. The molecule has 202 valence electrons. The molecule has 1 aliphatic carbocycles. The van der Waals surface area contributed by atoms with Gasteiger partial charge < -0.3 is 24.6 Å². The van der Waals surface area contributed by atoms with Crippen LogP contribution in [0, 0.1) is 17.8 Å². The fraction of sp³-hybridized carbons (Fsp3) is 0.500. The standard InChI is InChI=1S/C30H41NO5S/c1-21(2)25-13-11-22(3)30(18-25,37-20-26(32)29(33)35-5)31-16-15-23-12-14-27(34-4)28(17-23)36-19-24-9-7-6-8-10-24/h6-10,12,14,17,20-22,25,31-32H,11,13,15-16,18-19H2,1-5H3/b26-20+/t22-,25-,30+/m1/s1. The molecule has 2 N–H and O–H groups in total. The molecule has 0 saturated heterocycles. The Morgan fingerprint density at radius 2 is 1.89 bits per heavy atom. The third-order valence-corrected chi connectivity index (χ3v) is 8.83. The minimum atomic E-state index is -0.715. The predicted octanol–water partition coefficient (Wildman–Crippen LogP) is 6.50. The molecule has 0 radical (unpaired) electrons. The van der Waals surface area contributed by atoms with E-state index in [9.17, 15) is 9.90 Å². The predicted molar refractivity (Wildman–Crippen MR) is 150 cm³/mol. The van der Waals surface area contributed by atoms with E-state index in [1.165, 1.54) is 25.3 Å². The lowest BCUT2D eigenvalue weighted by Gasteiger charge is -2.46. The van der Waals surface area contributed by atoms with Crippen molar-refractivity contribution in [1.29, 1.82) is 0 Å². The smallest absolute Gasteiger partial charge is 0.373 e. The first-order valence-corrected chi connectivity index (χ1v) is 13.9. The van der Waals surface area contributed by atoms with Crippen molar-refractivity contribution in [2.24, 2.45) is 17.8 Å². The first-order valence-electron chi connectivity index (χ1n) is 13.0. The maximum absolute atomic E-state index is 11.8. The van der Waals surface area contributed by atoms with Gasteiger partial charge in [0.05, 0.1) is 19.1 Å². The number of ether oxygens (including phenoxy) is 3. The zero-order valence-corrected chi connectivity index (χ0v) is 23.5. The molecule has 2 aromatic carbocycles. The number of methoxy groups -OCH3 is 2. The SMILES string of the molecule is COC(=O)/C(O)=C\S[C@@]1(NCCc2ccc(OC)c(OCc3ccccc3)c2)C[C@H](C(C)C)CC[C@H]1C. The van der Waals surface area contributed by atoms with Crippen molar-refractivity contribution in [3.05, 3.63) is 70.8 Å². The molecule has 0 aromatic heterocycles. The number of hydrogen-bond donors (Lipinski definition) is 2. The molecule has 0 heterocycles. The highest BCUT2D eigenvalue weighted by Gasteiger charge is 2.42. The summed E-state index contributed by atoms with van der Waals surface area (Å²) in [5.74, 6) is 1.88. The van der Waals surface area contributed by atoms with Gasteiger partial charge in [-0.25, -0.2) is 4.79 Å². The number of nitrogens with one attached hydrogen (secondary N) is 1. The number of hydrogen-bond acceptors (Lipinski definition) is 7. The highest BCUT2D eigenvalue weighted by Crippen LogP contribution is 2.47. The Kier molecular flexibility index (Phi) is 10.8. The molecule has 37 heavy (non-hydrogen) atoms. The van der Waals surface area contributed by atoms with Gasteiger partial charge in [0.25, 0.3) is 0 Å². The van der Waals surface area contributed by atoms with E-state index in [1.54, 1.807) is 12.5 Å². The van der Waals surface area contributed by atoms with Crippen molar-refractivity contribution in [2.75, 3.05) is 20.8 Å². The van der Waals surface area contributed by atoms with Crippen LogP contribution < -0.4 is 14.8 Å². The summed E-state index contributed by atoms with van der Waals surface area (Å²) in [6.07, 6.45) is 4.06. The number of carbonyl (C=O) groups excluding carboxylic acids is 1. The summed E-state index contributed by atoms with van der Waals surface area (Å²) in [5.41, 5.74) is 2.25. The molecule has 0 amide bonds. The average Bonchev–Trinajstić information content (AvgIpc) is 2.92. The molecule has 0 aliphatic heterocycles. The summed E-state index contributed by atoms with van der Waals surface area (Å²) in [6.45, 7) is 8.02. The van der Waals surface area contributed by atoms with E-state index in [4.69, 9.17) is 9.47 Å². The van der Waals surface area contributed by atoms with Gasteiger partial charge in [0.15, 0.2) is 11.5 Å². The number of carbonyl (C=O) groups is 1. The van der Waals surface area contributed by atoms with Crippen LogP contribution >= 0.6 is 11.8 Å². The fourth-order valence-electron chi connectivity index (χ4n) is 4.87. The lowest BCUT2D eigenvalue weighted by atomic mass is 9.74. The van der Waals surface area contributed by atoms with Gasteiger partial charge in [-0.05, 0) is 66.7 Å². The topological polar surface area (TPSA) is 77.0 Å². The van der Waals surface area contributed by atoms with E-state index in [-0.39, 0.29) is 10.6 Å². The number of rotatable bonds is 12. The number of thioether (sulfide) groups is 1. The second kappa shape index (κ2) is 13.8. The summed E-state index contributed by atoms with van der Waals surface area (Å²) in [6, 6.07) is 16.2. The minimum Gasteiger partial charge on any atom is -0.501 e. The average molecular weight is 528 g/mol. The van der Waals surface area contributed by atoms with Crippen LogP contribution in [0.15, 0.2) is 59.7 Å². The van der Waals surface area contributed by atoms with Crippen LogP contribution in [0.5, 0.6) is 11.5 Å². The molecule has 7 heteroatoms. The van der Waals surface area contributed by atoms with E-state index in [0.717, 1.165) is 42.7 Å². The lowest BCUT2D eigenvalue weighted by molar-refractivity contribution is -0.139. The molecule has 6 nitrogen and oxygen atoms in total. The maximum atomic E-state index is 11.8. The van der Waals surface area contributed by atoms with Crippen LogP contribution in [0.1, 0.15) is 51.2 Å². The molecule has 1 fully saturated rings. The van der Waals surface area contributed by atoms with E-state index >= 15 is 0 Å². The number of esters is 1. The molecule has 0 unspecified atom stereocenters. The molecule has 3 rings (SSSR count). The van der Waals surface area contributed by atoms with E-state index in [0.29, 0.717) is 30.1 Å². The van der Waals surface area contributed by atoms with Crippen molar-refractivity contribution in [1.82, 2.24) is 5.32 Å².